The maximum absolute atomic E-state index is 13.1. The van der Waals surface area contributed by atoms with Gasteiger partial charge in [-0.1, -0.05) is 23.8 Å². The molecule has 29 heavy (non-hydrogen) atoms. The summed E-state index contributed by atoms with van der Waals surface area (Å²) in [4.78, 5) is 28.9. The summed E-state index contributed by atoms with van der Waals surface area (Å²) in [6.07, 6.45) is 2.01. The molecule has 0 bridgehead atoms. The molecule has 1 aromatic heterocycles. The summed E-state index contributed by atoms with van der Waals surface area (Å²) in [5, 5.41) is 1.95. The first-order valence-electron chi connectivity index (χ1n) is 9.86. The number of ether oxygens (including phenoxy) is 1. The van der Waals surface area contributed by atoms with Crippen LogP contribution in [0.4, 0.5) is 5.69 Å². The van der Waals surface area contributed by atoms with Gasteiger partial charge in [0.05, 0.1) is 18.1 Å². The lowest BCUT2D eigenvalue weighted by Gasteiger charge is -2.40. The minimum Gasteiger partial charge on any atom is -0.463 e. The third kappa shape index (κ3) is 3.38. The fourth-order valence-electron chi connectivity index (χ4n) is 4.12. The number of hydrogen-bond acceptors (Lipinski definition) is 6. The van der Waals surface area contributed by atoms with Crippen LogP contribution >= 0.6 is 11.3 Å². The number of anilines is 1. The summed E-state index contributed by atoms with van der Waals surface area (Å²) < 4.78 is 5.37. The van der Waals surface area contributed by atoms with Gasteiger partial charge in [-0.25, -0.2) is 4.79 Å². The highest BCUT2D eigenvalue weighted by Gasteiger charge is 2.43. The van der Waals surface area contributed by atoms with Crippen molar-refractivity contribution < 1.29 is 14.3 Å². The van der Waals surface area contributed by atoms with Crippen LogP contribution in [-0.2, 0) is 14.3 Å². The lowest BCUT2D eigenvalue weighted by molar-refractivity contribution is -0.138. The molecule has 1 aromatic carbocycles. The van der Waals surface area contributed by atoms with Crippen LogP contribution in [0.3, 0.4) is 0 Å². The van der Waals surface area contributed by atoms with E-state index < -0.39 is 11.9 Å². The van der Waals surface area contributed by atoms with Crippen LogP contribution in [0, 0.1) is 6.92 Å². The zero-order valence-corrected chi connectivity index (χ0v) is 17.4. The Hall–Kier alpha value is -2.86. The fraction of sp³-hybridized carbons (Fsp3) is 0.304. The number of thiophene rings is 1. The van der Waals surface area contributed by atoms with Crippen molar-refractivity contribution in [2.75, 3.05) is 11.5 Å². The molecule has 150 valence electrons. The highest BCUT2D eigenvalue weighted by atomic mass is 32.1. The molecule has 0 radical (unpaired) electrons. The predicted molar refractivity (Wildman–Crippen MR) is 114 cm³/mol. The molecule has 2 aliphatic rings. The Bertz CT molecular complexity index is 1000. The molecule has 0 fully saturated rings. The van der Waals surface area contributed by atoms with Crippen molar-refractivity contribution in [1.29, 1.82) is 0 Å². The van der Waals surface area contributed by atoms with E-state index in [1.807, 2.05) is 53.6 Å². The first-order valence-corrected chi connectivity index (χ1v) is 10.7. The second-order valence-corrected chi connectivity index (χ2v) is 8.26. The Morgan fingerprint density at radius 1 is 1.24 bits per heavy atom. The van der Waals surface area contributed by atoms with Crippen molar-refractivity contribution in [3.8, 4) is 0 Å². The van der Waals surface area contributed by atoms with E-state index in [1.54, 1.807) is 6.92 Å². The lowest BCUT2D eigenvalue weighted by Crippen LogP contribution is -2.40. The molecular weight excluding hydrogens is 384 g/mol. The van der Waals surface area contributed by atoms with E-state index in [0.29, 0.717) is 23.4 Å². The second kappa shape index (κ2) is 7.87. The summed E-state index contributed by atoms with van der Waals surface area (Å²) in [5.41, 5.74) is 10.5. The normalized spacial score (nSPS) is 19.4. The number of benzene rings is 1. The summed E-state index contributed by atoms with van der Waals surface area (Å²) in [6.45, 7) is 4.04. The molecule has 2 aromatic rings. The summed E-state index contributed by atoms with van der Waals surface area (Å²) in [6, 6.07) is 11.8. The van der Waals surface area contributed by atoms with Gasteiger partial charge >= 0.3 is 5.97 Å². The number of Topliss-reactive ketones (excluding diaryl/α,β-unsaturated/α-hetero) is 1. The maximum Gasteiger partial charge on any atom is 0.338 e. The Kier molecular flexibility index (Phi) is 5.28. The van der Waals surface area contributed by atoms with Crippen molar-refractivity contribution in [2.45, 2.75) is 39.0 Å². The molecule has 0 amide bonds. The van der Waals surface area contributed by atoms with Crippen LogP contribution in [0.1, 0.15) is 42.5 Å². The molecule has 1 aliphatic carbocycles. The van der Waals surface area contributed by atoms with Crippen LogP contribution in [-0.4, -0.2) is 18.4 Å². The van der Waals surface area contributed by atoms with Gasteiger partial charge in [-0.05, 0) is 50.3 Å². The average molecular weight is 409 g/mol. The Balaban J connectivity index is 1.97. The van der Waals surface area contributed by atoms with Crippen molar-refractivity contribution in [3.05, 3.63) is 74.9 Å². The molecular formula is C23H24N2O3S. The first-order chi connectivity index (χ1) is 14.0. The third-order valence-electron chi connectivity index (χ3n) is 5.41. The number of nitrogens with zero attached hydrogens (tertiary/aromatic N) is 1. The minimum absolute atomic E-state index is 0.0797. The van der Waals surface area contributed by atoms with Crippen molar-refractivity contribution >= 4 is 28.8 Å². The molecule has 5 nitrogen and oxygen atoms in total. The van der Waals surface area contributed by atoms with Gasteiger partial charge in [-0.15, -0.1) is 11.3 Å². The van der Waals surface area contributed by atoms with E-state index in [9.17, 15) is 9.59 Å². The van der Waals surface area contributed by atoms with Crippen LogP contribution in [0.5, 0.6) is 0 Å². The SMILES string of the molecule is CCOC(=O)C1=C(N)N(c2ccc(C)cc2)C2=C(C(=O)CCC2)[C@H]1c1cccs1. The van der Waals surface area contributed by atoms with Gasteiger partial charge in [0.15, 0.2) is 5.78 Å². The van der Waals surface area contributed by atoms with Crippen LogP contribution in [0.25, 0.3) is 0 Å². The molecule has 1 atom stereocenters. The number of carbonyl (C=O) groups is 2. The summed E-state index contributed by atoms with van der Waals surface area (Å²) in [5.74, 6) is -0.515. The van der Waals surface area contributed by atoms with E-state index >= 15 is 0 Å². The molecule has 4 rings (SSSR count). The Labute approximate surface area is 174 Å². The zero-order chi connectivity index (χ0) is 20.5. The minimum atomic E-state index is -0.474. The third-order valence-corrected chi connectivity index (χ3v) is 6.35. The smallest absolute Gasteiger partial charge is 0.338 e. The number of esters is 1. The van der Waals surface area contributed by atoms with E-state index in [4.69, 9.17) is 10.5 Å². The van der Waals surface area contributed by atoms with Crippen molar-refractivity contribution in [3.63, 3.8) is 0 Å². The zero-order valence-electron chi connectivity index (χ0n) is 16.6. The van der Waals surface area contributed by atoms with Gasteiger partial charge in [0.25, 0.3) is 0 Å². The Morgan fingerprint density at radius 3 is 2.66 bits per heavy atom. The summed E-state index contributed by atoms with van der Waals surface area (Å²) in [7, 11) is 0. The second-order valence-electron chi connectivity index (χ2n) is 7.28. The predicted octanol–water partition coefficient (Wildman–Crippen LogP) is 4.40. The van der Waals surface area contributed by atoms with Gasteiger partial charge in [0.2, 0.25) is 0 Å². The topological polar surface area (TPSA) is 72.6 Å². The quantitative estimate of drug-likeness (QED) is 0.759. The van der Waals surface area contributed by atoms with E-state index in [2.05, 4.69) is 0 Å². The standard InChI is InChI=1S/C23H24N2O3S/c1-3-28-23(27)21-20(18-8-5-13-29-18)19-16(6-4-7-17(19)26)25(22(21)24)15-11-9-14(2)10-12-15/h5,8-13,20H,3-4,6-7,24H2,1-2H3/t20-/m1/s1. The maximum atomic E-state index is 13.1. The van der Waals surface area contributed by atoms with E-state index in [1.165, 1.54) is 11.3 Å². The largest absolute Gasteiger partial charge is 0.463 e. The van der Waals surface area contributed by atoms with Gasteiger partial charge in [0.1, 0.15) is 5.82 Å². The first kappa shape index (κ1) is 19.5. The molecule has 0 saturated carbocycles. The number of nitrogens with two attached hydrogens (primary N) is 1. The van der Waals surface area contributed by atoms with E-state index in [-0.39, 0.29) is 12.4 Å². The number of hydrogen-bond donors (Lipinski definition) is 1. The molecule has 6 heteroatoms. The average Bonchev–Trinajstić information content (AvgIpc) is 3.23. The molecule has 1 aliphatic heterocycles. The Morgan fingerprint density at radius 2 is 2.00 bits per heavy atom. The number of rotatable bonds is 4. The molecule has 0 saturated heterocycles. The van der Waals surface area contributed by atoms with Crippen molar-refractivity contribution in [2.24, 2.45) is 5.73 Å². The van der Waals surface area contributed by atoms with Gasteiger partial charge in [-0.2, -0.15) is 0 Å². The lowest BCUT2D eigenvalue weighted by atomic mass is 9.77. The van der Waals surface area contributed by atoms with E-state index in [0.717, 1.165) is 34.7 Å². The number of ketones is 1. The highest BCUT2D eigenvalue weighted by molar-refractivity contribution is 7.10. The van der Waals surface area contributed by atoms with Crippen LogP contribution < -0.4 is 10.6 Å². The number of carbonyl (C=O) groups excluding carboxylic acids is 2. The van der Waals surface area contributed by atoms with Crippen LogP contribution in [0.2, 0.25) is 0 Å². The van der Waals surface area contributed by atoms with Gasteiger partial charge in [0, 0.05) is 28.3 Å². The fourth-order valence-corrected chi connectivity index (χ4v) is 4.97. The number of aryl methyl sites for hydroxylation is 1. The van der Waals surface area contributed by atoms with Crippen molar-refractivity contribution in [1.82, 2.24) is 0 Å². The molecule has 0 spiro atoms. The molecule has 0 unspecified atom stereocenters. The van der Waals surface area contributed by atoms with Gasteiger partial charge < -0.3 is 10.5 Å². The monoisotopic (exact) mass is 408 g/mol. The summed E-state index contributed by atoms with van der Waals surface area (Å²) >= 11 is 1.53. The molecule has 2 N–H and O–H groups in total. The number of allylic oxidation sites excluding steroid dienone is 2. The highest BCUT2D eigenvalue weighted by Crippen LogP contribution is 2.47. The molecule has 2 heterocycles. The van der Waals surface area contributed by atoms with Crippen LogP contribution in [0.15, 0.2) is 64.4 Å². The van der Waals surface area contributed by atoms with Gasteiger partial charge in [-0.3, -0.25) is 9.69 Å².